The number of hydrogen-bond acceptors (Lipinski definition) is 7. The standard InChI is InChI=1S/C21H19N3O3S3/c1-13(14-8-10-16(11-9-14)30(2,26)27)22-19(25)17-12-18-20(28-17)24-21(29-18)23-15-6-4-3-5-7-15/h3-13H,1-2H3,(H,22,25)(H,23,24)/t13-/m1/s1. The minimum absolute atomic E-state index is 0.178. The number of fused-ring (bicyclic) bond motifs is 1. The first-order valence-electron chi connectivity index (χ1n) is 9.13. The Labute approximate surface area is 182 Å². The van der Waals surface area contributed by atoms with Crippen LogP contribution < -0.4 is 10.6 Å². The smallest absolute Gasteiger partial charge is 0.261 e. The highest BCUT2D eigenvalue weighted by atomic mass is 32.2. The summed E-state index contributed by atoms with van der Waals surface area (Å²) in [5, 5.41) is 7.01. The molecule has 0 aliphatic rings. The van der Waals surface area contributed by atoms with E-state index in [0.717, 1.165) is 25.9 Å². The van der Waals surface area contributed by atoms with Crippen LogP contribution in [-0.2, 0) is 9.84 Å². The summed E-state index contributed by atoms with van der Waals surface area (Å²) in [6.45, 7) is 1.86. The molecule has 2 aromatic carbocycles. The first-order chi connectivity index (χ1) is 14.3. The van der Waals surface area contributed by atoms with Crippen molar-refractivity contribution < 1.29 is 13.2 Å². The molecule has 0 unspecified atom stereocenters. The quantitative estimate of drug-likeness (QED) is 0.426. The molecule has 1 amide bonds. The van der Waals surface area contributed by atoms with Gasteiger partial charge in [0.25, 0.3) is 5.91 Å². The molecular formula is C21H19N3O3S3. The van der Waals surface area contributed by atoms with E-state index in [9.17, 15) is 13.2 Å². The van der Waals surface area contributed by atoms with E-state index in [1.54, 1.807) is 24.3 Å². The van der Waals surface area contributed by atoms with Gasteiger partial charge in [-0.05, 0) is 42.8 Å². The Morgan fingerprint density at radius 3 is 2.37 bits per heavy atom. The van der Waals surface area contributed by atoms with Crippen LogP contribution in [-0.4, -0.2) is 25.6 Å². The van der Waals surface area contributed by atoms with Gasteiger partial charge >= 0.3 is 0 Å². The maximum absolute atomic E-state index is 12.7. The number of anilines is 2. The van der Waals surface area contributed by atoms with Gasteiger partial charge in [0.1, 0.15) is 4.83 Å². The lowest BCUT2D eigenvalue weighted by Crippen LogP contribution is -2.25. The van der Waals surface area contributed by atoms with Gasteiger partial charge in [0.2, 0.25) is 0 Å². The van der Waals surface area contributed by atoms with Crippen molar-refractivity contribution in [3.8, 4) is 0 Å². The first kappa shape index (κ1) is 20.5. The fourth-order valence-corrected chi connectivity index (χ4v) is 5.57. The minimum atomic E-state index is -3.24. The average Bonchev–Trinajstić information content (AvgIpc) is 3.27. The summed E-state index contributed by atoms with van der Waals surface area (Å²) in [4.78, 5) is 18.9. The van der Waals surface area contributed by atoms with Crippen LogP contribution in [0.2, 0.25) is 0 Å². The van der Waals surface area contributed by atoms with Gasteiger partial charge in [-0.1, -0.05) is 41.7 Å². The van der Waals surface area contributed by atoms with Crippen LogP contribution >= 0.6 is 22.7 Å². The molecule has 0 saturated heterocycles. The first-order valence-corrected chi connectivity index (χ1v) is 12.7. The number of carbonyl (C=O) groups excluding carboxylic acids is 1. The number of sulfone groups is 1. The minimum Gasteiger partial charge on any atom is -0.345 e. The third kappa shape index (κ3) is 4.53. The number of amides is 1. The number of aromatic nitrogens is 1. The summed E-state index contributed by atoms with van der Waals surface area (Å²) in [5.74, 6) is -0.178. The number of carbonyl (C=O) groups is 1. The second-order valence-corrected chi connectivity index (χ2v) is 10.9. The molecule has 2 N–H and O–H groups in total. The number of benzene rings is 2. The molecular weight excluding hydrogens is 438 g/mol. The molecule has 0 radical (unpaired) electrons. The van der Waals surface area contributed by atoms with Gasteiger partial charge in [0.05, 0.1) is 20.5 Å². The lowest BCUT2D eigenvalue weighted by Gasteiger charge is -2.14. The summed E-state index contributed by atoms with van der Waals surface area (Å²) in [6.07, 6.45) is 1.17. The second kappa shape index (κ2) is 8.17. The SMILES string of the molecule is C[C@@H](NC(=O)c1cc2sc(Nc3ccccc3)nc2s1)c1ccc(S(C)(=O)=O)cc1. The molecule has 0 saturated carbocycles. The number of thiophene rings is 1. The number of para-hydroxylation sites is 1. The van der Waals surface area contributed by atoms with E-state index in [1.165, 1.54) is 28.9 Å². The molecule has 0 bridgehead atoms. The molecule has 0 aliphatic heterocycles. The third-order valence-corrected chi connectivity index (χ3v) is 7.70. The van der Waals surface area contributed by atoms with Gasteiger partial charge in [0, 0.05) is 11.9 Å². The zero-order chi connectivity index (χ0) is 21.3. The monoisotopic (exact) mass is 457 g/mol. The molecule has 4 aromatic rings. The highest BCUT2D eigenvalue weighted by molar-refractivity contribution is 7.90. The normalized spacial score (nSPS) is 12.6. The molecule has 4 rings (SSSR count). The second-order valence-electron chi connectivity index (χ2n) is 6.83. The summed E-state index contributed by atoms with van der Waals surface area (Å²) >= 11 is 2.85. The van der Waals surface area contributed by atoms with Crippen LogP contribution in [0.3, 0.4) is 0 Å². The Bertz CT molecular complexity index is 1260. The van der Waals surface area contributed by atoms with Crippen LogP contribution in [0.15, 0.2) is 65.6 Å². The number of hydrogen-bond donors (Lipinski definition) is 2. The zero-order valence-electron chi connectivity index (χ0n) is 16.2. The molecule has 0 spiro atoms. The zero-order valence-corrected chi connectivity index (χ0v) is 18.7. The fourth-order valence-electron chi connectivity index (χ4n) is 2.90. The Balaban J connectivity index is 1.44. The number of nitrogens with zero attached hydrogens (tertiary/aromatic N) is 1. The van der Waals surface area contributed by atoms with Crippen molar-refractivity contribution in [3.05, 3.63) is 71.1 Å². The highest BCUT2D eigenvalue weighted by Gasteiger charge is 2.17. The van der Waals surface area contributed by atoms with Gasteiger partial charge in [-0.15, -0.1) is 11.3 Å². The number of rotatable bonds is 6. The van der Waals surface area contributed by atoms with E-state index in [2.05, 4.69) is 15.6 Å². The van der Waals surface area contributed by atoms with Gasteiger partial charge in [-0.25, -0.2) is 13.4 Å². The van der Waals surface area contributed by atoms with Crippen molar-refractivity contribution in [2.24, 2.45) is 0 Å². The summed E-state index contributed by atoms with van der Waals surface area (Å²) < 4.78 is 24.1. The summed E-state index contributed by atoms with van der Waals surface area (Å²) in [6, 6.07) is 18.0. The van der Waals surface area contributed by atoms with Crippen LogP contribution in [0.4, 0.5) is 10.8 Å². The number of nitrogens with one attached hydrogen (secondary N) is 2. The topological polar surface area (TPSA) is 88.2 Å². The molecule has 2 heterocycles. The Morgan fingerprint density at radius 1 is 1.03 bits per heavy atom. The molecule has 0 aliphatic carbocycles. The Hall–Kier alpha value is -2.75. The van der Waals surface area contributed by atoms with E-state index < -0.39 is 9.84 Å². The molecule has 30 heavy (non-hydrogen) atoms. The van der Waals surface area contributed by atoms with Crippen LogP contribution in [0.25, 0.3) is 9.53 Å². The Morgan fingerprint density at radius 2 is 1.73 bits per heavy atom. The van der Waals surface area contributed by atoms with Crippen molar-refractivity contribution >= 4 is 58.8 Å². The van der Waals surface area contributed by atoms with Crippen molar-refractivity contribution in [3.63, 3.8) is 0 Å². The maximum atomic E-state index is 12.7. The van der Waals surface area contributed by atoms with Crippen molar-refractivity contribution in [1.82, 2.24) is 10.3 Å². The molecule has 9 heteroatoms. The van der Waals surface area contributed by atoms with Crippen LogP contribution in [0.5, 0.6) is 0 Å². The summed E-state index contributed by atoms with van der Waals surface area (Å²) in [5.41, 5.74) is 1.80. The third-order valence-electron chi connectivity index (χ3n) is 4.49. The molecule has 0 fully saturated rings. The van der Waals surface area contributed by atoms with Crippen molar-refractivity contribution in [2.45, 2.75) is 17.9 Å². The van der Waals surface area contributed by atoms with Gasteiger partial charge in [-0.3, -0.25) is 4.79 Å². The van der Waals surface area contributed by atoms with Crippen LogP contribution in [0.1, 0.15) is 28.2 Å². The molecule has 6 nitrogen and oxygen atoms in total. The van der Waals surface area contributed by atoms with Crippen LogP contribution in [0, 0.1) is 0 Å². The van der Waals surface area contributed by atoms with Gasteiger partial charge in [-0.2, -0.15) is 0 Å². The fraction of sp³-hybridized carbons (Fsp3) is 0.143. The molecule has 1 atom stereocenters. The molecule has 2 aromatic heterocycles. The van der Waals surface area contributed by atoms with Crippen molar-refractivity contribution in [2.75, 3.05) is 11.6 Å². The Kier molecular flexibility index (Phi) is 5.59. The largest absolute Gasteiger partial charge is 0.345 e. The van der Waals surface area contributed by atoms with Crippen molar-refractivity contribution in [1.29, 1.82) is 0 Å². The van der Waals surface area contributed by atoms with Gasteiger partial charge < -0.3 is 10.6 Å². The average molecular weight is 458 g/mol. The van der Waals surface area contributed by atoms with E-state index in [1.807, 2.05) is 43.3 Å². The highest BCUT2D eigenvalue weighted by Crippen LogP contribution is 2.34. The lowest BCUT2D eigenvalue weighted by molar-refractivity contribution is 0.0944. The van der Waals surface area contributed by atoms with E-state index in [0.29, 0.717) is 4.88 Å². The predicted octanol–water partition coefficient (Wildman–Crippen LogP) is 5.00. The maximum Gasteiger partial charge on any atom is 0.261 e. The van der Waals surface area contributed by atoms with E-state index in [4.69, 9.17) is 0 Å². The van der Waals surface area contributed by atoms with Gasteiger partial charge in [0.15, 0.2) is 15.0 Å². The molecule has 154 valence electrons. The number of thiazole rings is 1. The lowest BCUT2D eigenvalue weighted by atomic mass is 10.1. The summed E-state index contributed by atoms with van der Waals surface area (Å²) in [7, 11) is -3.24. The van der Waals surface area contributed by atoms with E-state index >= 15 is 0 Å². The van der Waals surface area contributed by atoms with E-state index in [-0.39, 0.29) is 16.8 Å². The predicted molar refractivity (Wildman–Crippen MR) is 123 cm³/mol.